The Morgan fingerprint density at radius 1 is 1.17 bits per heavy atom. The second-order valence-corrected chi connectivity index (χ2v) is 2.60. The number of nitrogen functional groups attached to an aromatic ring is 1. The molecule has 0 atom stereocenters. The maximum atomic E-state index is 5.51. The molecule has 0 bridgehead atoms. The van der Waals surface area contributed by atoms with Crippen LogP contribution in [0.3, 0.4) is 0 Å². The SMILES string of the molecule is Nn1cc[n+](-c2ccccc2)c1. The molecule has 2 aromatic rings. The summed E-state index contributed by atoms with van der Waals surface area (Å²) in [5, 5.41) is 0. The van der Waals surface area contributed by atoms with Crippen LogP contribution < -0.4 is 10.4 Å². The van der Waals surface area contributed by atoms with Gasteiger partial charge in [-0.3, -0.25) is 5.84 Å². The first-order valence-corrected chi connectivity index (χ1v) is 3.76. The van der Waals surface area contributed by atoms with Crippen LogP contribution in [-0.2, 0) is 0 Å². The minimum absolute atomic E-state index is 1.11. The molecule has 12 heavy (non-hydrogen) atoms. The summed E-state index contributed by atoms with van der Waals surface area (Å²) in [6, 6.07) is 10.0. The zero-order valence-corrected chi connectivity index (χ0v) is 6.59. The third kappa shape index (κ3) is 1.16. The summed E-state index contributed by atoms with van der Waals surface area (Å²) in [7, 11) is 0. The lowest BCUT2D eigenvalue weighted by Crippen LogP contribution is -2.28. The largest absolute Gasteiger partial charge is 0.272 e. The van der Waals surface area contributed by atoms with Gasteiger partial charge in [0, 0.05) is 0 Å². The van der Waals surface area contributed by atoms with Crippen LogP contribution in [-0.4, -0.2) is 4.68 Å². The summed E-state index contributed by atoms with van der Waals surface area (Å²) < 4.78 is 3.48. The number of imidazole rings is 1. The van der Waals surface area contributed by atoms with Crippen LogP contribution in [0, 0.1) is 0 Å². The molecule has 1 aromatic heterocycles. The average Bonchev–Trinajstić information content (AvgIpc) is 2.54. The number of nitrogens with zero attached hydrogens (tertiary/aromatic N) is 2. The number of rotatable bonds is 1. The zero-order chi connectivity index (χ0) is 8.39. The van der Waals surface area contributed by atoms with Gasteiger partial charge in [-0.2, -0.15) is 0 Å². The van der Waals surface area contributed by atoms with Gasteiger partial charge in [-0.15, -0.1) is 4.68 Å². The number of hydrogen-bond donors (Lipinski definition) is 1. The van der Waals surface area contributed by atoms with Gasteiger partial charge in [0.1, 0.15) is 11.9 Å². The molecule has 3 heteroatoms. The van der Waals surface area contributed by atoms with E-state index in [1.807, 2.05) is 47.4 Å². The van der Waals surface area contributed by atoms with Crippen molar-refractivity contribution in [3.63, 3.8) is 0 Å². The fraction of sp³-hybridized carbons (Fsp3) is 0. The maximum absolute atomic E-state index is 5.51. The molecule has 0 spiro atoms. The lowest BCUT2D eigenvalue weighted by atomic mass is 10.3. The van der Waals surface area contributed by atoms with Crippen molar-refractivity contribution in [3.8, 4) is 5.69 Å². The fourth-order valence-electron chi connectivity index (χ4n) is 1.12. The number of para-hydroxylation sites is 1. The molecular formula is C9H10N3+. The summed E-state index contributed by atoms with van der Waals surface area (Å²) in [6.45, 7) is 0. The first kappa shape index (κ1) is 6.91. The molecule has 3 nitrogen and oxygen atoms in total. The highest BCUT2D eigenvalue weighted by Gasteiger charge is 2.01. The molecule has 0 amide bonds. The average molecular weight is 160 g/mol. The van der Waals surface area contributed by atoms with Gasteiger partial charge in [0.25, 0.3) is 6.33 Å². The van der Waals surface area contributed by atoms with Crippen molar-refractivity contribution in [2.24, 2.45) is 0 Å². The Morgan fingerprint density at radius 3 is 2.50 bits per heavy atom. The normalized spacial score (nSPS) is 10.0. The highest BCUT2D eigenvalue weighted by atomic mass is 15.3. The van der Waals surface area contributed by atoms with Crippen molar-refractivity contribution in [1.82, 2.24) is 4.68 Å². The second-order valence-electron chi connectivity index (χ2n) is 2.60. The molecular weight excluding hydrogens is 150 g/mol. The number of aromatic nitrogens is 2. The Bertz CT molecular complexity index is 364. The van der Waals surface area contributed by atoms with Gasteiger partial charge in [-0.1, -0.05) is 18.2 Å². The fourth-order valence-corrected chi connectivity index (χ4v) is 1.12. The van der Waals surface area contributed by atoms with Crippen molar-refractivity contribution >= 4 is 0 Å². The van der Waals surface area contributed by atoms with E-state index in [9.17, 15) is 0 Å². The topological polar surface area (TPSA) is 34.8 Å². The van der Waals surface area contributed by atoms with Crippen LogP contribution in [0.5, 0.6) is 0 Å². The van der Waals surface area contributed by atoms with Crippen molar-refractivity contribution < 1.29 is 4.57 Å². The molecule has 0 unspecified atom stereocenters. The molecule has 0 fully saturated rings. The van der Waals surface area contributed by atoms with E-state index in [1.165, 1.54) is 4.68 Å². The number of benzene rings is 1. The molecule has 60 valence electrons. The van der Waals surface area contributed by atoms with Gasteiger partial charge >= 0.3 is 0 Å². The van der Waals surface area contributed by atoms with Crippen molar-refractivity contribution in [2.45, 2.75) is 0 Å². The van der Waals surface area contributed by atoms with E-state index in [-0.39, 0.29) is 0 Å². The van der Waals surface area contributed by atoms with Gasteiger partial charge in [-0.05, 0) is 12.1 Å². The van der Waals surface area contributed by atoms with Crippen LogP contribution in [0.4, 0.5) is 0 Å². The van der Waals surface area contributed by atoms with Crippen LogP contribution in [0.1, 0.15) is 0 Å². The summed E-state index contributed by atoms with van der Waals surface area (Å²) in [4.78, 5) is 0. The Labute approximate surface area is 70.6 Å². The maximum Gasteiger partial charge on any atom is 0.272 e. The second kappa shape index (κ2) is 2.70. The first-order chi connectivity index (χ1) is 5.86. The molecule has 1 heterocycles. The Kier molecular flexibility index (Phi) is 1.55. The van der Waals surface area contributed by atoms with Crippen LogP contribution in [0.15, 0.2) is 49.1 Å². The van der Waals surface area contributed by atoms with Gasteiger partial charge in [0.2, 0.25) is 0 Å². The lowest BCUT2D eigenvalue weighted by Gasteiger charge is -1.91. The van der Waals surface area contributed by atoms with E-state index in [0.29, 0.717) is 0 Å². The smallest absolute Gasteiger partial charge is 0.269 e. The quantitative estimate of drug-likeness (QED) is 0.478. The van der Waals surface area contributed by atoms with E-state index in [0.717, 1.165) is 5.69 Å². The molecule has 0 aliphatic heterocycles. The minimum atomic E-state index is 1.11. The first-order valence-electron chi connectivity index (χ1n) is 3.76. The molecule has 1 aromatic carbocycles. The highest BCUT2D eigenvalue weighted by molar-refractivity contribution is 5.20. The molecule has 0 radical (unpaired) electrons. The van der Waals surface area contributed by atoms with E-state index in [4.69, 9.17) is 5.84 Å². The summed E-state index contributed by atoms with van der Waals surface area (Å²) in [6.07, 6.45) is 5.53. The van der Waals surface area contributed by atoms with Crippen molar-refractivity contribution in [2.75, 3.05) is 5.84 Å². The van der Waals surface area contributed by atoms with Gasteiger partial charge in [-0.25, -0.2) is 4.57 Å². The van der Waals surface area contributed by atoms with E-state index >= 15 is 0 Å². The van der Waals surface area contributed by atoms with Crippen molar-refractivity contribution in [3.05, 3.63) is 49.1 Å². The minimum Gasteiger partial charge on any atom is -0.269 e. The van der Waals surface area contributed by atoms with E-state index < -0.39 is 0 Å². The summed E-state index contributed by atoms with van der Waals surface area (Å²) >= 11 is 0. The third-order valence-electron chi connectivity index (χ3n) is 1.71. The Morgan fingerprint density at radius 2 is 1.92 bits per heavy atom. The number of hydrogen-bond acceptors (Lipinski definition) is 1. The molecule has 0 saturated carbocycles. The monoisotopic (exact) mass is 160 g/mol. The van der Waals surface area contributed by atoms with Gasteiger partial charge in [0.15, 0.2) is 6.20 Å². The zero-order valence-electron chi connectivity index (χ0n) is 6.59. The lowest BCUT2D eigenvalue weighted by molar-refractivity contribution is -0.595. The molecule has 2 rings (SSSR count). The predicted octanol–water partition coefficient (Wildman–Crippen LogP) is 0.479. The third-order valence-corrected chi connectivity index (χ3v) is 1.71. The molecule has 0 aliphatic carbocycles. The van der Waals surface area contributed by atoms with Gasteiger partial charge < -0.3 is 0 Å². The Hall–Kier alpha value is -1.77. The van der Waals surface area contributed by atoms with Crippen LogP contribution in [0.25, 0.3) is 5.69 Å². The standard InChI is InChI=1S/C9H10N3/c10-12-7-6-11(8-12)9-4-2-1-3-5-9/h1-8H,10H2/q+1. The molecule has 0 saturated heterocycles. The molecule has 2 N–H and O–H groups in total. The highest BCUT2D eigenvalue weighted by Crippen LogP contribution is 1.96. The summed E-state index contributed by atoms with van der Waals surface area (Å²) in [5.74, 6) is 5.51. The molecule has 0 aliphatic rings. The van der Waals surface area contributed by atoms with Crippen molar-refractivity contribution in [1.29, 1.82) is 0 Å². The van der Waals surface area contributed by atoms with Gasteiger partial charge in [0.05, 0.1) is 0 Å². The van der Waals surface area contributed by atoms with E-state index in [1.54, 1.807) is 6.20 Å². The predicted molar refractivity (Wildman–Crippen MR) is 46.1 cm³/mol. The Balaban J connectivity index is 2.45. The summed E-state index contributed by atoms with van der Waals surface area (Å²) in [5.41, 5.74) is 1.11. The van der Waals surface area contributed by atoms with Crippen LogP contribution >= 0.6 is 0 Å². The van der Waals surface area contributed by atoms with Crippen LogP contribution in [0.2, 0.25) is 0 Å². The number of nitrogens with two attached hydrogens (primary N) is 1. The van der Waals surface area contributed by atoms with E-state index in [2.05, 4.69) is 0 Å².